The van der Waals surface area contributed by atoms with E-state index in [4.69, 9.17) is 4.74 Å². The van der Waals surface area contributed by atoms with Crippen LogP contribution in [0.5, 0.6) is 0 Å². The molecule has 0 spiro atoms. The van der Waals surface area contributed by atoms with Gasteiger partial charge in [-0.3, -0.25) is 24.0 Å². The number of carbonyl (C=O) groups is 6. The van der Waals surface area contributed by atoms with Crippen LogP contribution in [0.15, 0.2) is 84.9 Å². The van der Waals surface area contributed by atoms with Gasteiger partial charge in [0.25, 0.3) is 0 Å². The van der Waals surface area contributed by atoms with Crippen LogP contribution in [0.2, 0.25) is 0 Å². The number of amides is 5. The topological polar surface area (TPSA) is 163 Å². The summed E-state index contributed by atoms with van der Waals surface area (Å²) >= 11 is 0. The van der Waals surface area contributed by atoms with Gasteiger partial charge in [-0.15, -0.1) is 0 Å². The Morgan fingerprint density at radius 1 is 0.849 bits per heavy atom. The van der Waals surface area contributed by atoms with E-state index in [1.54, 1.807) is 38.1 Å². The molecule has 2 aliphatic rings. The van der Waals surface area contributed by atoms with Crippen molar-refractivity contribution in [1.29, 1.82) is 0 Å². The number of para-hydroxylation sites is 1. The molecule has 12 heteroatoms. The van der Waals surface area contributed by atoms with E-state index in [0.717, 1.165) is 16.8 Å². The maximum absolute atomic E-state index is 14.1. The first-order valence-corrected chi connectivity index (χ1v) is 18.4. The van der Waals surface area contributed by atoms with Gasteiger partial charge in [0.15, 0.2) is 0 Å². The maximum atomic E-state index is 14.1. The second kappa shape index (κ2) is 18.3. The van der Waals surface area contributed by atoms with Gasteiger partial charge in [-0.2, -0.15) is 0 Å². The quantitative estimate of drug-likeness (QED) is 0.153. The molecular weight excluding hydrogens is 674 g/mol. The summed E-state index contributed by atoms with van der Waals surface area (Å²) in [5.41, 5.74) is 1.57. The first kappa shape index (κ1) is 38.7. The number of benzene rings is 3. The average Bonchev–Trinajstić information content (AvgIpc) is 3.67. The Balaban J connectivity index is 1.23. The molecule has 0 aliphatic carbocycles. The number of hydrogen-bond donors (Lipinski definition) is 4. The molecule has 4 N–H and O–H groups in total. The largest absolute Gasteiger partial charge is 0.462 e. The molecule has 2 fully saturated rings. The molecule has 280 valence electrons. The molecule has 0 unspecified atom stereocenters. The van der Waals surface area contributed by atoms with E-state index in [1.165, 1.54) is 4.90 Å². The monoisotopic (exact) mass is 723 g/mol. The van der Waals surface area contributed by atoms with E-state index >= 15 is 0 Å². The van der Waals surface area contributed by atoms with Crippen molar-refractivity contribution in [2.24, 2.45) is 0 Å². The fourth-order valence-corrected chi connectivity index (χ4v) is 6.58. The molecule has 2 saturated heterocycles. The van der Waals surface area contributed by atoms with Gasteiger partial charge in [-0.05, 0) is 87.3 Å². The zero-order valence-electron chi connectivity index (χ0n) is 30.4. The van der Waals surface area contributed by atoms with Gasteiger partial charge in [0.2, 0.25) is 29.5 Å². The standard InChI is InChI=1S/C41H49N5O7/c1-3-41(2)40(52)44-33(27-29-21-19-28(20-22-29)23-24-35(47)42-31-15-8-5-9-16-31)38(50)46-25-12-18-34(46)37(49)43-32(36(48)45-41)17-10-11-26-53-39(51)30-13-6-4-7-14-30/h4-9,13-16,19-22,32-34H,3,10-12,17-18,23-27H2,1-2H3,(H,42,47)(H,43,49)(H,44,52)(H,45,48)/t32-,33-,34+,41-/m0/s1. The number of rotatable bonds is 13. The second-order valence-corrected chi connectivity index (χ2v) is 13.9. The minimum absolute atomic E-state index is 0.0924. The van der Waals surface area contributed by atoms with Crippen LogP contribution in [0, 0.1) is 0 Å². The van der Waals surface area contributed by atoms with Gasteiger partial charge in [0, 0.05) is 25.1 Å². The summed E-state index contributed by atoms with van der Waals surface area (Å²) in [6.07, 6.45) is 3.45. The van der Waals surface area contributed by atoms with Gasteiger partial charge in [0.05, 0.1) is 12.2 Å². The van der Waals surface area contributed by atoms with Crippen LogP contribution in [-0.2, 0) is 41.6 Å². The minimum atomic E-state index is -1.36. The Labute approximate surface area is 310 Å². The molecule has 0 bridgehead atoms. The summed E-state index contributed by atoms with van der Waals surface area (Å²) in [6.45, 7) is 3.87. The highest BCUT2D eigenvalue weighted by Gasteiger charge is 2.43. The molecule has 2 aliphatic heterocycles. The lowest BCUT2D eigenvalue weighted by Gasteiger charge is -2.36. The second-order valence-electron chi connectivity index (χ2n) is 13.9. The number of nitrogens with zero attached hydrogens (tertiary/aromatic N) is 1. The zero-order chi connectivity index (χ0) is 37.8. The lowest BCUT2D eigenvalue weighted by Crippen LogP contribution is -2.65. The third kappa shape index (κ3) is 10.5. The maximum Gasteiger partial charge on any atom is 0.338 e. The molecule has 0 aromatic heterocycles. The predicted molar refractivity (Wildman–Crippen MR) is 200 cm³/mol. The highest BCUT2D eigenvalue weighted by atomic mass is 16.5. The highest BCUT2D eigenvalue weighted by molar-refractivity contribution is 5.99. The van der Waals surface area contributed by atoms with Crippen molar-refractivity contribution in [2.45, 2.75) is 95.3 Å². The van der Waals surface area contributed by atoms with Crippen LogP contribution in [0.3, 0.4) is 0 Å². The van der Waals surface area contributed by atoms with Gasteiger partial charge < -0.3 is 30.9 Å². The molecule has 4 atom stereocenters. The van der Waals surface area contributed by atoms with Crippen LogP contribution in [-0.4, -0.2) is 77.2 Å². The predicted octanol–water partition coefficient (Wildman–Crippen LogP) is 4.09. The smallest absolute Gasteiger partial charge is 0.338 e. The van der Waals surface area contributed by atoms with E-state index in [-0.39, 0.29) is 37.7 Å². The molecule has 0 radical (unpaired) electrons. The number of carbonyl (C=O) groups excluding carboxylic acids is 6. The van der Waals surface area contributed by atoms with E-state index in [2.05, 4.69) is 21.3 Å². The normalized spacial score (nSPS) is 22.0. The number of esters is 1. The Morgan fingerprint density at radius 2 is 1.53 bits per heavy atom. The Kier molecular flexibility index (Phi) is 13.4. The summed E-state index contributed by atoms with van der Waals surface area (Å²) in [7, 11) is 0. The van der Waals surface area contributed by atoms with E-state index in [0.29, 0.717) is 50.6 Å². The van der Waals surface area contributed by atoms with Crippen LogP contribution in [0.25, 0.3) is 0 Å². The highest BCUT2D eigenvalue weighted by Crippen LogP contribution is 2.22. The van der Waals surface area contributed by atoms with Gasteiger partial charge in [0.1, 0.15) is 23.7 Å². The van der Waals surface area contributed by atoms with Crippen LogP contribution < -0.4 is 21.3 Å². The van der Waals surface area contributed by atoms with Crippen LogP contribution >= 0.6 is 0 Å². The van der Waals surface area contributed by atoms with Crippen molar-refractivity contribution in [3.05, 3.63) is 102 Å². The Morgan fingerprint density at radius 3 is 2.23 bits per heavy atom. The first-order valence-electron chi connectivity index (χ1n) is 18.4. The fraction of sp³-hybridized carbons (Fsp3) is 0.415. The number of ether oxygens (including phenoxy) is 1. The number of aryl methyl sites for hydroxylation is 1. The van der Waals surface area contributed by atoms with E-state index in [1.807, 2.05) is 60.7 Å². The minimum Gasteiger partial charge on any atom is -0.462 e. The third-order valence-electron chi connectivity index (χ3n) is 9.97. The molecule has 0 saturated carbocycles. The Bertz CT molecular complexity index is 1750. The molecule has 12 nitrogen and oxygen atoms in total. The summed E-state index contributed by atoms with van der Waals surface area (Å²) in [5, 5.41) is 11.5. The summed E-state index contributed by atoms with van der Waals surface area (Å²) < 4.78 is 5.37. The number of fused-ring (bicyclic) bond motifs is 1. The molecule has 3 aromatic rings. The molecule has 5 rings (SSSR count). The lowest BCUT2D eigenvalue weighted by molar-refractivity contribution is -0.144. The van der Waals surface area contributed by atoms with Gasteiger partial charge in [-0.25, -0.2) is 4.79 Å². The lowest BCUT2D eigenvalue weighted by atomic mass is 9.94. The molecule has 2 heterocycles. The molecular formula is C41H49N5O7. The van der Waals surface area contributed by atoms with Crippen molar-refractivity contribution >= 4 is 41.2 Å². The molecule has 5 amide bonds. The summed E-state index contributed by atoms with van der Waals surface area (Å²) in [5.74, 6) is -2.31. The number of unbranched alkanes of at least 4 members (excludes halogenated alkanes) is 1. The number of hydrogen-bond acceptors (Lipinski definition) is 7. The first-order chi connectivity index (χ1) is 25.6. The third-order valence-corrected chi connectivity index (χ3v) is 9.97. The Hall–Kier alpha value is -5.52. The molecule has 53 heavy (non-hydrogen) atoms. The summed E-state index contributed by atoms with van der Waals surface area (Å²) in [6, 6.07) is 22.8. The number of nitrogens with one attached hydrogen (secondary N) is 4. The fourth-order valence-electron chi connectivity index (χ4n) is 6.58. The van der Waals surface area contributed by atoms with Crippen LogP contribution in [0.4, 0.5) is 5.69 Å². The van der Waals surface area contributed by atoms with Crippen molar-refractivity contribution in [1.82, 2.24) is 20.9 Å². The van der Waals surface area contributed by atoms with Crippen molar-refractivity contribution in [3.8, 4) is 0 Å². The van der Waals surface area contributed by atoms with Crippen LogP contribution in [0.1, 0.15) is 80.3 Å². The SMILES string of the molecule is CC[C@]1(C)NC(=O)[C@H](CCCCOC(=O)c2ccccc2)NC(=O)[C@H]2CCCN2C(=O)[C@H](Cc2ccc(CCC(=O)Nc3ccccc3)cc2)NC1=O. The van der Waals surface area contributed by atoms with Crippen molar-refractivity contribution in [3.63, 3.8) is 0 Å². The number of anilines is 1. The molecule has 3 aromatic carbocycles. The van der Waals surface area contributed by atoms with Crippen molar-refractivity contribution < 1.29 is 33.5 Å². The van der Waals surface area contributed by atoms with Gasteiger partial charge in [-0.1, -0.05) is 67.6 Å². The zero-order valence-corrected chi connectivity index (χ0v) is 30.4. The van der Waals surface area contributed by atoms with Gasteiger partial charge >= 0.3 is 5.97 Å². The van der Waals surface area contributed by atoms with E-state index in [9.17, 15) is 28.8 Å². The van der Waals surface area contributed by atoms with Crippen molar-refractivity contribution in [2.75, 3.05) is 18.5 Å². The van der Waals surface area contributed by atoms with E-state index < -0.39 is 47.4 Å². The summed E-state index contributed by atoms with van der Waals surface area (Å²) in [4.78, 5) is 81.7. The average molecular weight is 724 g/mol.